The third kappa shape index (κ3) is 4.09. The normalized spacial score (nSPS) is 12.3. The summed E-state index contributed by atoms with van der Waals surface area (Å²) >= 11 is 1.55. The van der Waals surface area contributed by atoms with Gasteiger partial charge in [-0.25, -0.2) is 0 Å². The third-order valence-corrected chi connectivity index (χ3v) is 2.65. The van der Waals surface area contributed by atoms with Crippen LogP contribution in [0, 0.1) is 0 Å². The lowest BCUT2D eigenvalue weighted by atomic mass is 10.2. The maximum absolute atomic E-state index is 10.8. The molecule has 0 atom stereocenters. The van der Waals surface area contributed by atoms with Crippen LogP contribution in [0.1, 0.15) is 20.8 Å². The van der Waals surface area contributed by atoms with E-state index >= 15 is 0 Å². The fraction of sp³-hybridized carbons (Fsp3) is 0.625. The molecule has 0 aromatic carbocycles. The lowest BCUT2D eigenvalue weighted by Crippen LogP contribution is -2.34. The number of carbonyl (C=O) groups excluding carboxylic acids is 1. The minimum absolute atomic E-state index is 0.257. The summed E-state index contributed by atoms with van der Waals surface area (Å²) in [6.45, 7) is 5.63. The van der Waals surface area contributed by atoms with Crippen LogP contribution >= 0.6 is 11.8 Å². The number of hydrogen-bond donors (Lipinski definition) is 1. The van der Waals surface area contributed by atoms with Crippen molar-refractivity contribution in [3.8, 4) is 0 Å². The predicted octanol–water partition coefficient (Wildman–Crippen LogP) is 1.56. The lowest BCUT2D eigenvalue weighted by Gasteiger charge is -2.18. The first kappa shape index (κ1) is 10.6. The van der Waals surface area contributed by atoms with Crippen molar-refractivity contribution in [1.29, 1.82) is 0 Å². The van der Waals surface area contributed by atoms with Gasteiger partial charge in [-0.3, -0.25) is 4.79 Å². The quantitative estimate of drug-likeness (QED) is 0.656. The molecule has 0 aliphatic carbocycles. The minimum Gasteiger partial charge on any atom is -0.368 e. The second-order valence-electron chi connectivity index (χ2n) is 2.75. The van der Waals surface area contributed by atoms with E-state index in [0.717, 1.165) is 5.75 Å². The molecule has 2 nitrogen and oxygen atoms in total. The maximum Gasteiger partial charge on any atom is 0.233 e. The Morgan fingerprint density at radius 3 is 2.55 bits per heavy atom. The van der Waals surface area contributed by atoms with Gasteiger partial charge in [0.25, 0.3) is 0 Å². The number of rotatable bonds is 4. The highest BCUT2D eigenvalue weighted by molar-refractivity contribution is 8.01. The zero-order valence-corrected chi connectivity index (χ0v) is 8.07. The maximum atomic E-state index is 10.8. The minimum atomic E-state index is -0.445. The van der Waals surface area contributed by atoms with E-state index in [0.29, 0.717) is 0 Å². The average Bonchev–Trinajstić information content (AvgIpc) is 1.88. The molecule has 0 bridgehead atoms. The van der Waals surface area contributed by atoms with Crippen LogP contribution in [0.3, 0.4) is 0 Å². The van der Waals surface area contributed by atoms with Crippen LogP contribution in [0.15, 0.2) is 12.2 Å². The highest BCUT2D eigenvalue weighted by Crippen LogP contribution is 2.23. The highest BCUT2D eigenvalue weighted by atomic mass is 32.2. The molecule has 0 spiro atoms. The lowest BCUT2D eigenvalue weighted by molar-refractivity contribution is -0.119. The van der Waals surface area contributed by atoms with Crippen molar-refractivity contribution < 1.29 is 4.79 Å². The number of carbonyl (C=O) groups is 1. The first-order valence-electron chi connectivity index (χ1n) is 3.55. The Labute approximate surface area is 72.2 Å². The van der Waals surface area contributed by atoms with Crippen molar-refractivity contribution in [3.05, 3.63) is 12.2 Å². The summed E-state index contributed by atoms with van der Waals surface area (Å²) < 4.78 is -0.445. The summed E-state index contributed by atoms with van der Waals surface area (Å²) in [5.74, 6) is 0.582. The van der Waals surface area contributed by atoms with Gasteiger partial charge in [-0.2, -0.15) is 0 Å². The van der Waals surface area contributed by atoms with Crippen molar-refractivity contribution in [2.45, 2.75) is 25.5 Å². The van der Waals surface area contributed by atoms with Gasteiger partial charge in [-0.05, 0) is 20.8 Å². The van der Waals surface area contributed by atoms with E-state index in [-0.39, 0.29) is 5.91 Å². The van der Waals surface area contributed by atoms with Gasteiger partial charge in [-0.15, -0.1) is 11.8 Å². The molecule has 0 unspecified atom stereocenters. The molecular weight excluding hydrogens is 158 g/mol. The van der Waals surface area contributed by atoms with Gasteiger partial charge in [-0.1, -0.05) is 12.2 Å². The molecule has 0 rings (SSSR count). The van der Waals surface area contributed by atoms with Crippen LogP contribution < -0.4 is 5.73 Å². The Morgan fingerprint density at radius 1 is 1.64 bits per heavy atom. The molecule has 0 heterocycles. The standard InChI is InChI=1S/C8H15NOS/c1-4-5-6-11-8(2,3)7(9)10/h4-5H,6H2,1-3H3,(H2,9,10)/b5-4+. The predicted molar refractivity (Wildman–Crippen MR) is 50.5 cm³/mol. The molecule has 0 radical (unpaired) electrons. The van der Waals surface area contributed by atoms with Crippen LogP contribution in [-0.4, -0.2) is 16.4 Å². The van der Waals surface area contributed by atoms with Crippen LogP contribution in [-0.2, 0) is 4.79 Å². The number of amides is 1. The van der Waals surface area contributed by atoms with Crippen molar-refractivity contribution in [3.63, 3.8) is 0 Å². The van der Waals surface area contributed by atoms with E-state index in [9.17, 15) is 4.79 Å². The molecular formula is C8H15NOS. The Hall–Kier alpha value is -0.440. The molecule has 0 saturated carbocycles. The molecule has 0 aromatic heterocycles. The van der Waals surface area contributed by atoms with Crippen LogP contribution in [0.5, 0.6) is 0 Å². The van der Waals surface area contributed by atoms with Crippen molar-refractivity contribution in [1.82, 2.24) is 0 Å². The van der Waals surface area contributed by atoms with E-state index in [2.05, 4.69) is 0 Å². The Balaban J connectivity index is 3.82. The third-order valence-electron chi connectivity index (χ3n) is 1.37. The van der Waals surface area contributed by atoms with E-state index in [1.807, 2.05) is 32.9 Å². The monoisotopic (exact) mass is 173 g/mol. The molecule has 0 fully saturated rings. The Morgan fingerprint density at radius 2 is 2.18 bits per heavy atom. The van der Waals surface area contributed by atoms with Gasteiger partial charge in [0.1, 0.15) is 0 Å². The molecule has 0 saturated heterocycles. The number of allylic oxidation sites excluding steroid dienone is 1. The molecule has 0 aliphatic rings. The van der Waals surface area contributed by atoms with E-state index < -0.39 is 4.75 Å². The van der Waals surface area contributed by atoms with Crippen molar-refractivity contribution >= 4 is 17.7 Å². The van der Waals surface area contributed by atoms with Gasteiger partial charge in [0, 0.05) is 5.75 Å². The van der Waals surface area contributed by atoms with E-state index in [1.165, 1.54) is 0 Å². The number of primary amides is 1. The molecule has 0 aromatic rings. The summed E-state index contributed by atoms with van der Waals surface area (Å²) in [6.07, 6.45) is 3.97. The molecule has 2 N–H and O–H groups in total. The van der Waals surface area contributed by atoms with Gasteiger partial charge >= 0.3 is 0 Å². The van der Waals surface area contributed by atoms with Crippen LogP contribution in [0.25, 0.3) is 0 Å². The fourth-order valence-electron chi connectivity index (χ4n) is 0.424. The first-order valence-corrected chi connectivity index (χ1v) is 4.54. The Kier molecular flexibility index (Phi) is 4.26. The van der Waals surface area contributed by atoms with Gasteiger partial charge < -0.3 is 5.73 Å². The van der Waals surface area contributed by atoms with Gasteiger partial charge in [0.2, 0.25) is 5.91 Å². The van der Waals surface area contributed by atoms with Gasteiger partial charge in [0.15, 0.2) is 0 Å². The molecule has 11 heavy (non-hydrogen) atoms. The second-order valence-corrected chi connectivity index (χ2v) is 4.40. The number of nitrogens with two attached hydrogens (primary N) is 1. The summed E-state index contributed by atoms with van der Waals surface area (Å²) in [4.78, 5) is 10.8. The van der Waals surface area contributed by atoms with Crippen LogP contribution in [0.2, 0.25) is 0 Å². The first-order chi connectivity index (χ1) is 5.00. The zero-order valence-electron chi connectivity index (χ0n) is 7.26. The molecule has 64 valence electrons. The average molecular weight is 173 g/mol. The van der Waals surface area contributed by atoms with Crippen LogP contribution in [0.4, 0.5) is 0 Å². The summed E-state index contributed by atoms with van der Waals surface area (Å²) in [5, 5.41) is 0. The topological polar surface area (TPSA) is 43.1 Å². The summed E-state index contributed by atoms with van der Waals surface area (Å²) in [5.41, 5.74) is 5.17. The van der Waals surface area contributed by atoms with E-state index in [1.54, 1.807) is 11.8 Å². The number of thioether (sulfide) groups is 1. The second kappa shape index (κ2) is 4.44. The van der Waals surface area contributed by atoms with Gasteiger partial charge in [0.05, 0.1) is 4.75 Å². The van der Waals surface area contributed by atoms with Crippen molar-refractivity contribution in [2.75, 3.05) is 5.75 Å². The Bertz CT molecular complexity index is 163. The number of hydrogen-bond acceptors (Lipinski definition) is 2. The highest BCUT2D eigenvalue weighted by Gasteiger charge is 2.24. The fourth-order valence-corrected chi connectivity index (χ4v) is 1.27. The molecule has 3 heteroatoms. The summed E-state index contributed by atoms with van der Waals surface area (Å²) in [7, 11) is 0. The SMILES string of the molecule is C/C=C/CSC(C)(C)C(N)=O. The zero-order chi connectivity index (χ0) is 8.91. The molecule has 0 aliphatic heterocycles. The summed E-state index contributed by atoms with van der Waals surface area (Å²) in [6, 6.07) is 0. The molecule has 1 amide bonds. The largest absolute Gasteiger partial charge is 0.368 e. The smallest absolute Gasteiger partial charge is 0.233 e. The van der Waals surface area contributed by atoms with E-state index in [4.69, 9.17) is 5.73 Å². The van der Waals surface area contributed by atoms with Crippen molar-refractivity contribution in [2.24, 2.45) is 5.73 Å².